The van der Waals surface area contributed by atoms with Crippen molar-refractivity contribution in [2.24, 2.45) is 0 Å². The summed E-state index contributed by atoms with van der Waals surface area (Å²) in [5.41, 5.74) is 1.12. The Hall–Kier alpha value is -1.88. The maximum atomic E-state index is 5.37. The van der Waals surface area contributed by atoms with Crippen molar-refractivity contribution in [1.82, 2.24) is 15.5 Å². The van der Waals surface area contributed by atoms with Crippen molar-refractivity contribution in [2.45, 2.75) is 25.2 Å². The van der Waals surface area contributed by atoms with E-state index in [4.69, 9.17) is 9.26 Å². The first-order chi connectivity index (χ1) is 9.85. The molecule has 3 rings (SSSR count). The molecule has 0 bridgehead atoms. The highest BCUT2D eigenvalue weighted by molar-refractivity contribution is 5.29. The predicted molar refractivity (Wildman–Crippen MR) is 74.9 cm³/mol. The molecule has 1 N–H and O–H groups in total. The van der Waals surface area contributed by atoms with Crippen LogP contribution in [0.25, 0.3) is 0 Å². The summed E-state index contributed by atoms with van der Waals surface area (Å²) in [5.74, 6) is 2.80. The van der Waals surface area contributed by atoms with Gasteiger partial charge in [0.15, 0.2) is 5.82 Å². The van der Waals surface area contributed by atoms with Gasteiger partial charge < -0.3 is 14.6 Å². The number of aromatic nitrogens is 2. The molecule has 1 aliphatic heterocycles. The van der Waals surface area contributed by atoms with Crippen LogP contribution in [0, 0.1) is 0 Å². The third-order valence-corrected chi connectivity index (χ3v) is 3.68. The van der Waals surface area contributed by atoms with Crippen molar-refractivity contribution in [2.75, 3.05) is 20.2 Å². The van der Waals surface area contributed by atoms with Gasteiger partial charge in [-0.05, 0) is 43.6 Å². The molecule has 0 amide bonds. The summed E-state index contributed by atoms with van der Waals surface area (Å²) in [5, 5.41) is 7.48. The standard InChI is InChI=1S/C15H19N3O2/c1-19-13-4-2-3-11(9-13)10-14-17-15(18-20-14)12-5-7-16-8-6-12/h2-4,9,12,16H,5-8,10H2,1H3. The van der Waals surface area contributed by atoms with E-state index in [9.17, 15) is 0 Å². The fourth-order valence-electron chi connectivity index (χ4n) is 2.54. The van der Waals surface area contributed by atoms with E-state index in [-0.39, 0.29) is 0 Å². The Balaban J connectivity index is 1.70. The number of piperidine rings is 1. The van der Waals surface area contributed by atoms with Crippen molar-refractivity contribution in [3.8, 4) is 5.75 Å². The Labute approximate surface area is 118 Å². The largest absolute Gasteiger partial charge is 0.497 e. The number of nitrogens with zero attached hydrogens (tertiary/aromatic N) is 2. The van der Waals surface area contributed by atoms with Gasteiger partial charge in [-0.2, -0.15) is 4.98 Å². The van der Waals surface area contributed by atoms with Crippen LogP contribution in [0.1, 0.15) is 36.0 Å². The molecule has 5 heteroatoms. The molecule has 2 heterocycles. The molecule has 5 nitrogen and oxygen atoms in total. The van der Waals surface area contributed by atoms with Crippen LogP contribution in [0.5, 0.6) is 5.75 Å². The Morgan fingerprint density at radius 1 is 1.35 bits per heavy atom. The number of methoxy groups -OCH3 is 1. The molecule has 1 fully saturated rings. The molecule has 1 saturated heterocycles. The first kappa shape index (κ1) is 13.1. The summed E-state index contributed by atoms with van der Waals surface area (Å²) in [6, 6.07) is 7.93. The lowest BCUT2D eigenvalue weighted by atomic mass is 9.98. The molecule has 0 unspecified atom stereocenters. The molecule has 1 aliphatic rings. The fraction of sp³-hybridized carbons (Fsp3) is 0.467. The normalized spacial score (nSPS) is 16.2. The Kier molecular flexibility index (Phi) is 3.97. The van der Waals surface area contributed by atoms with Crippen LogP contribution in [0.15, 0.2) is 28.8 Å². The maximum absolute atomic E-state index is 5.37. The number of rotatable bonds is 4. The smallest absolute Gasteiger partial charge is 0.231 e. The SMILES string of the molecule is COc1cccc(Cc2nc(C3CCNCC3)no2)c1. The number of nitrogens with one attached hydrogen (secondary N) is 1. The third kappa shape index (κ3) is 2.99. The molecular weight excluding hydrogens is 254 g/mol. The first-order valence-corrected chi connectivity index (χ1v) is 7.01. The van der Waals surface area contributed by atoms with Crippen molar-refractivity contribution < 1.29 is 9.26 Å². The zero-order valence-corrected chi connectivity index (χ0v) is 11.6. The number of benzene rings is 1. The summed E-state index contributed by atoms with van der Waals surface area (Å²) in [4.78, 5) is 4.54. The molecule has 0 aliphatic carbocycles. The number of hydrogen-bond donors (Lipinski definition) is 1. The van der Waals surface area contributed by atoms with E-state index in [2.05, 4.69) is 15.5 Å². The highest BCUT2D eigenvalue weighted by atomic mass is 16.5. The minimum absolute atomic E-state index is 0.430. The van der Waals surface area contributed by atoms with Gasteiger partial charge in [-0.3, -0.25) is 0 Å². The molecule has 0 saturated carbocycles. The van der Waals surface area contributed by atoms with Gasteiger partial charge in [0.05, 0.1) is 13.5 Å². The second-order valence-electron chi connectivity index (χ2n) is 5.10. The van der Waals surface area contributed by atoms with Gasteiger partial charge in [0.2, 0.25) is 5.89 Å². The summed E-state index contributed by atoms with van der Waals surface area (Å²) in [6.07, 6.45) is 2.81. The minimum Gasteiger partial charge on any atom is -0.497 e. The lowest BCUT2D eigenvalue weighted by molar-refractivity contribution is 0.365. The highest BCUT2D eigenvalue weighted by Crippen LogP contribution is 2.23. The fourth-order valence-corrected chi connectivity index (χ4v) is 2.54. The van der Waals surface area contributed by atoms with Crippen LogP contribution in [0.2, 0.25) is 0 Å². The third-order valence-electron chi connectivity index (χ3n) is 3.68. The molecule has 1 aromatic heterocycles. The van der Waals surface area contributed by atoms with Crippen LogP contribution in [0.4, 0.5) is 0 Å². The van der Waals surface area contributed by atoms with Gasteiger partial charge in [0.25, 0.3) is 0 Å². The Morgan fingerprint density at radius 2 is 2.20 bits per heavy atom. The van der Waals surface area contributed by atoms with Gasteiger partial charge in [0, 0.05) is 5.92 Å². The summed E-state index contributed by atoms with van der Waals surface area (Å²) in [7, 11) is 1.67. The van der Waals surface area contributed by atoms with Gasteiger partial charge in [-0.15, -0.1) is 0 Å². The zero-order chi connectivity index (χ0) is 13.8. The maximum Gasteiger partial charge on any atom is 0.231 e. The second-order valence-corrected chi connectivity index (χ2v) is 5.10. The molecular formula is C15H19N3O2. The van der Waals surface area contributed by atoms with Crippen molar-refractivity contribution >= 4 is 0 Å². The topological polar surface area (TPSA) is 60.2 Å². The molecule has 0 spiro atoms. The molecule has 1 aromatic carbocycles. The van der Waals surface area contributed by atoms with Crippen molar-refractivity contribution in [3.05, 3.63) is 41.5 Å². The summed E-state index contributed by atoms with van der Waals surface area (Å²) in [6.45, 7) is 2.06. The Morgan fingerprint density at radius 3 is 3.00 bits per heavy atom. The van der Waals surface area contributed by atoms with E-state index in [1.165, 1.54) is 0 Å². The molecule has 20 heavy (non-hydrogen) atoms. The van der Waals surface area contributed by atoms with Gasteiger partial charge in [0.1, 0.15) is 5.75 Å². The zero-order valence-electron chi connectivity index (χ0n) is 11.6. The average Bonchev–Trinajstić information content (AvgIpc) is 2.97. The molecule has 2 aromatic rings. The van der Waals surface area contributed by atoms with E-state index in [0.717, 1.165) is 43.1 Å². The highest BCUT2D eigenvalue weighted by Gasteiger charge is 2.20. The molecule has 0 atom stereocenters. The van der Waals surface area contributed by atoms with E-state index >= 15 is 0 Å². The monoisotopic (exact) mass is 273 g/mol. The lowest BCUT2D eigenvalue weighted by Gasteiger charge is -2.18. The second kappa shape index (κ2) is 6.05. The summed E-state index contributed by atoms with van der Waals surface area (Å²) >= 11 is 0. The minimum atomic E-state index is 0.430. The average molecular weight is 273 g/mol. The predicted octanol–water partition coefficient (Wildman–Crippen LogP) is 2.14. The molecule has 106 valence electrons. The van der Waals surface area contributed by atoms with E-state index in [1.54, 1.807) is 7.11 Å². The van der Waals surface area contributed by atoms with Gasteiger partial charge in [-0.25, -0.2) is 0 Å². The van der Waals surface area contributed by atoms with E-state index < -0.39 is 0 Å². The van der Waals surface area contributed by atoms with Gasteiger partial charge in [-0.1, -0.05) is 17.3 Å². The van der Waals surface area contributed by atoms with Crippen molar-refractivity contribution in [3.63, 3.8) is 0 Å². The first-order valence-electron chi connectivity index (χ1n) is 7.01. The van der Waals surface area contributed by atoms with Crippen LogP contribution >= 0.6 is 0 Å². The quantitative estimate of drug-likeness (QED) is 0.924. The number of hydrogen-bond acceptors (Lipinski definition) is 5. The van der Waals surface area contributed by atoms with Crippen LogP contribution in [-0.4, -0.2) is 30.3 Å². The van der Waals surface area contributed by atoms with E-state index in [0.29, 0.717) is 18.2 Å². The van der Waals surface area contributed by atoms with Crippen LogP contribution < -0.4 is 10.1 Å². The van der Waals surface area contributed by atoms with Crippen LogP contribution in [0.3, 0.4) is 0 Å². The van der Waals surface area contributed by atoms with Crippen molar-refractivity contribution in [1.29, 1.82) is 0 Å². The van der Waals surface area contributed by atoms with E-state index in [1.807, 2.05) is 24.3 Å². The summed E-state index contributed by atoms with van der Waals surface area (Å²) < 4.78 is 10.6. The van der Waals surface area contributed by atoms with Gasteiger partial charge >= 0.3 is 0 Å². The molecule has 0 radical (unpaired) electrons. The lowest BCUT2D eigenvalue weighted by Crippen LogP contribution is -2.27. The number of ether oxygens (including phenoxy) is 1. The Bertz CT molecular complexity index is 562. The van der Waals surface area contributed by atoms with Crippen LogP contribution in [-0.2, 0) is 6.42 Å².